The van der Waals surface area contributed by atoms with Crippen LogP contribution in [0.25, 0.3) is 4.96 Å². The molecule has 106 valence electrons. The van der Waals surface area contributed by atoms with Crippen molar-refractivity contribution in [2.24, 2.45) is 0 Å². The molecular weight excluding hydrogens is 282 g/mol. The van der Waals surface area contributed by atoms with E-state index in [9.17, 15) is 4.79 Å². The SMILES string of the molecule is Cc1cn2cc(C(=O)N3c4ccccc4CC3C)nc2s1. The monoisotopic (exact) mass is 297 g/mol. The number of amides is 1. The molecular formula is C16H15N3OS. The second kappa shape index (κ2) is 4.43. The number of aryl methyl sites for hydroxylation is 1. The molecule has 0 radical (unpaired) electrons. The van der Waals surface area contributed by atoms with Gasteiger partial charge in [0, 0.05) is 29.0 Å². The van der Waals surface area contributed by atoms with Crippen molar-refractivity contribution in [3.8, 4) is 0 Å². The van der Waals surface area contributed by atoms with E-state index in [1.165, 1.54) is 10.4 Å². The Bertz CT molecular complexity index is 817. The fourth-order valence-corrected chi connectivity index (χ4v) is 3.82. The molecule has 0 bridgehead atoms. The number of hydrogen-bond acceptors (Lipinski definition) is 3. The predicted molar refractivity (Wildman–Crippen MR) is 84.2 cm³/mol. The van der Waals surface area contributed by atoms with Crippen molar-refractivity contribution < 1.29 is 4.79 Å². The van der Waals surface area contributed by atoms with E-state index in [1.54, 1.807) is 11.3 Å². The van der Waals surface area contributed by atoms with Gasteiger partial charge in [-0.3, -0.25) is 9.20 Å². The van der Waals surface area contributed by atoms with E-state index in [0.29, 0.717) is 5.69 Å². The summed E-state index contributed by atoms with van der Waals surface area (Å²) in [6, 6.07) is 8.28. The summed E-state index contributed by atoms with van der Waals surface area (Å²) in [6.07, 6.45) is 4.74. The third-order valence-electron chi connectivity index (χ3n) is 3.92. The lowest BCUT2D eigenvalue weighted by atomic mass is 10.1. The lowest BCUT2D eigenvalue weighted by Crippen LogP contribution is -2.35. The van der Waals surface area contributed by atoms with Gasteiger partial charge in [-0.15, -0.1) is 11.3 Å². The maximum atomic E-state index is 12.8. The van der Waals surface area contributed by atoms with Crippen LogP contribution < -0.4 is 4.90 Å². The van der Waals surface area contributed by atoms with Gasteiger partial charge in [-0.2, -0.15) is 0 Å². The third-order valence-corrected chi connectivity index (χ3v) is 4.83. The summed E-state index contributed by atoms with van der Waals surface area (Å²) in [5.41, 5.74) is 2.77. The number of anilines is 1. The molecule has 0 fully saturated rings. The molecule has 0 saturated carbocycles. The van der Waals surface area contributed by atoms with Crippen LogP contribution in [-0.4, -0.2) is 21.3 Å². The van der Waals surface area contributed by atoms with Crippen LogP contribution in [0.1, 0.15) is 27.9 Å². The maximum Gasteiger partial charge on any atom is 0.278 e. The van der Waals surface area contributed by atoms with E-state index < -0.39 is 0 Å². The quantitative estimate of drug-likeness (QED) is 0.691. The highest BCUT2D eigenvalue weighted by molar-refractivity contribution is 7.17. The summed E-state index contributed by atoms with van der Waals surface area (Å²) in [5, 5.41) is 0. The van der Waals surface area contributed by atoms with Gasteiger partial charge in [-0.25, -0.2) is 4.98 Å². The molecule has 3 aromatic rings. The zero-order chi connectivity index (χ0) is 14.6. The normalized spacial score (nSPS) is 17.4. The van der Waals surface area contributed by atoms with Crippen molar-refractivity contribution in [2.45, 2.75) is 26.3 Å². The number of benzene rings is 1. The van der Waals surface area contributed by atoms with E-state index >= 15 is 0 Å². The first-order valence-corrected chi connectivity index (χ1v) is 7.82. The first kappa shape index (κ1) is 12.6. The number of fused-ring (bicyclic) bond motifs is 2. The summed E-state index contributed by atoms with van der Waals surface area (Å²) in [6.45, 7) is 4.13. The highest BCUT2D eigenvalue weighted by Gasteiger charge is 2.32. The van der Waals surface area contributed by atoms with E-state index in [1.807, 2.05) is 46.8 Å². The van der Waals surface area contributed by atoms with Crippen LogP contribution in [0.15, 0.2) is 36.7 Å². The maximum absolute atomic E-state index is 12.8. The Labute approximate surface area is 126 Å². The Balaban J connectivity index is 1.75. The van der Waals surface area contributed by atoms with Crippen LogP contribution >= 0.6 is 11.3 Å². The molecule has 5 heteroatoms. The number of imidazole rings is 1. The molecule has 1 atom stereocenters. The zero-order valence-electron chi connectivity index (χ0n) is 11.9. The summed E-state index contributed by atoms with van der Waals surface area (Å²) < 4.78 is 1.93. The van der Waals surface area contributed by atoms with Gasteiger partial charge < -0.3 is 4.90 Å². The molecule has 4 nitrogen and oxygen atoms in total. The number of carbonyl (C=O) groups is 1. The van der Waals surface area contributed by atoms with E-state index in [4.69, 9.17) is 0 Å². The van der Waals surface area contributed by atoms with Crippen LogP contribution in [0.5, 0.6) is 0 Å². The molecule has 0 aliphatic carbocycles. The zero-order valence-corrected chi connectivity index (χ0v) is 12.7. The molecule has 1 unspecified atom stereocenters. The highest BCUT2D eigenvalue weighted by atomic mass is 32.1. The number of hydrogen-bond donors (Lipinski definition) is 0. The Kier molecular flexibility index (Phi) is 2.65. The Hall–Kier alpha value is -2.14. The first-order valence-electron chi connectivity index (χ1n) is 7.00. The minimum atomic E-state index is -0.0130. The Morgan fingerprint density at radius 2 is 2.14 bits per heavy atom. The molecule has 4 rings (SSSR count). The third kappa shape index (κ3) is 1.88. The summed E-state index contributed by atoms with van der Waals surface area (Å²) in [7, 11) is 0. The first-order chi connectivity index (χ1) is 10.1. The van der Waals surface area contributed by atoms with Crippen molar-refractivity contribution in [2.75, 3.05) is 4.90 Å². The summed E-state index contributed by atoms with van der Waals surface area (Å²) in [5.74, 6) is -0.0130. The Morgan fingerprint density at radius 3 is 2.95 bits per heavy atom. The highest BCUT2D eigenvalue weighted by Crippen LogP contribution is 2.33. The molecule has 0 saturated heterocycles. The number of thiazole rings is 1. The summed E-state index contributed by atoms with van der Waals surface area (Å²) in [4.78, 5) is 21.2. The van der Waals surface area contributed by atoms with E-state index in [2.05, 4.69) is 18.0 Å². The summed E-state index contributed by atoms with van der Waals surface area (Å²) >= 11 is 1.60. The fraction of sp³-hybridized carbons (Fsp3) is 0.250. The fourth-order valence-electron chi connectivity index (χ4n) is 3.01. The predicted octanol–water partition coefficient (Wildman–Crippen LogP) is 3.30. The molecule has 1 aromatic carbocycles. The largest absolute Gasteiger partial charge is 0.304 e. The number of aromatic nitrogens is 2. The molecule has 0 spiro atoms. The van der Waals surface area contributed by atoms with Gasteiger partial charge >= 0.3 is 0 Å². The van der Waals surface area contributed by atoms with Crippen molar-refractivity contribution in [3.63, 3.8) is 0 Å². The molecule has 3 heterocycles. The van der Waals surface area contributed by atoms with Crippen molar-refractivity contribution in [3.05, 3.63) is 52.8 Å². The molecule has 2 aromatic heterocycles. The number of para-hydroxylation sites is 1. The molecule has 1 aliphatic heterocycles. The van der Waals surface area contributed by atoms with Gasteiger partial charge in [0.05, 0.1) is 0 Å². The number of nitrogens with zero attached hydrogens (tertiary/aromatic N) is 3. The second-order valence-corrected chi connectivity index (χ2v) is 6.73. The lowest BCUT2D eigenvalue weighted by Gasteiger charge is -2.21. The smallest absolute Gasteiger partial charge is 0.278 e. The molecule has 1 amide bonds. The number of rotatable bonds is 1. The molecule has 21 heavy (non-hydrogen) atoms. The van der Waals surface area contributed by atoms with Gasteiger partial charge in [0.1, 0.15) is 5.69 Å². The minimum Gasteiger partial charge on any atom is -0.304 e. The standard InChI is InChI=1S/C16H15N3OS/c1-10-7-12-5-3-4-6-14(12)19(10)15(20)13-9-18-8-11(2)21-16(18)17-13/h3-6,8-10H,7H2,1-2H3. The van der Waals surface area contributed by atoms with Gasteiger partial charge in [0.2, 0.25) is 0 Å². The van der Waals surface area contributed by atoms with Gasteiger partial charge in [0.15, 0.2) is 4.96 Å². The van der Waals surface area contributed by atoms with Gasteiger partial charge in [0.25, 0.3) is 5.91 Å². The average Bonchev–Trinajstić information content (AvgIpc) is 3.07. The van der Waals surface area contributed by atoms with Crippen LogP contribution in [0.3, 0.4) is 0 Å². The molecule has 1 aliphatic rings. The van der Waals surface area contributed by atoms with Crippen LogP contribution in [-0.2, 0) is 6.42 Å². The van der Waals surface area contributed by atoms with Gasteiger partial charge in [-0.1, -0.05) is 18.2 Å². The minimum absolute atomic E-state index is 0.0130. The number of carbonyl (C=O) groups excluding carboxylic acids is 1. The van der Waals surface area contributed by atoms with Crippen LogP contribution in [0.4, 0.5) is 5.69 Å². The second-order valence-electron chi connectivity index (χ2n) is 5.51. The lowest BCUT2D eigenvalue weighted by molar-refractivity contribution is 0.0977. The van der Waals surface area contributed by atoms with Crippen LogP contribution in [0.2, 0.25) is 0 Å². The molecule has 0 N–H and O–H groups in total. The average molecular weight is 297 g/mol. The van der Waals surface area contributed by atoms with Crippen molar-refractivity contribution in [1.29, 1.82) is 0 Å². The topological polar surface area (TPSA) is 37.6 Å². The van der Waals surface area contributed by atoms with Gasteiger partial charge in [-0.05, 0) is 31.9 Å². The van der Waals surface area contributed by atoms with Crippen molar-refractivity contribution in [1.82, 2.24) is 9.38 Å². The van der Waals surface area contributed by atoms with E-state index in [0.717, 1.165) is 17.1 Å². The Morgan fingerprint density at radius 1 is 1.33 bits per heavy atom. The van der Waals surface area contributed by atoms with Crippen molar-refractivity contribution >= 4 is 27.9 Å². The van der Waals surface area contributed by atoms with Crippen LogP contribution in [0, 0.1) is 6.92 Å². The van der Waals surface area contributed by atoms with E-state index in [-0.39, 0.29) is 11.9 Å².